The Kier molecular flexibility index (Phi) is 5.18. The number of aryl methyl sites for hydroxylation is 2. The molecule has 160 valence electrons. The van der Waals surface area contributed by atoms with Gasteiger partial charge in [-0.3, -0.25) is 19.3 Å². The van der Waals surface area contributed by atoms with Gasteiger partial charge in [-0.1, -0.05) is 6.07 Å². The maximum atomic E-state index is 12.8. The van der Waals surface area contributed by atoms with Crippen LogP contribution in [0.25, 0.3) is 11.3 Å². The average molecular weight is 418 g/mol. The van der Waals surface area contributed by atoms with E-state index in [1.165, 1.54) is 5.56 Å². The van der Waals surface area contributed by atoms with E-state index < -0.39 is 0 Å². The molecule has 5 rings (SSSR count). The lowest BCUT2D eigenvalue weighted by Gasteiger charge is -2.20. The van der Waals surface area contributed by atoms with Gasteiger partial charge >= 0.3 is 0 Å². The van der Waals surface area contributed by atoms with Crippen molar-refractivity contribution in [3.05, 3.63) is 58.9 Å². The molecule has 31 heavy (non-hydrogen) atoms. The molecule has 0 unspecified atom stereocenters. The Morgan fingerprint density at radius 1 is 1.23 bits per heavy atom. The number of hydrogen-bond donors (Lipinski definition) is 1. The topological polar surface area (TPSA) is 90.0 Å². The molecule has 1 N–H and O–H groups in total. The van der Waals surface area contributed by atoms with E-state index in [4.69, 9.17) is 9.52 Å². The van der Waals surface area contributed by atoms with Gasteiger partial charge in [-0.2, -0.15) is 5.10 Å². The van der Waals surface area contributed by atoms with Crippen LogP contribution in [0.2, 0.25) is 0 Å². The van der Waals surface area contributed by atoms with Gasteiger partial charge in [-0.05, 0) is 49.8 Å². The van der Waals surface area contributed by atoms with Gasteiger partial charge in [-0.15, -0.1) is 0 Å². The molecular weight excluding hydrogens is 392 g/mol. The Hall–Kier alpha value is -3.22. The van der Waals surface area contributed by atoms with Crippen LogP contribution in [0, 0.1) is 12.8 Å². The van der Waals surface area contributed by atoms with E-state index in [0.717, 1.165) is 54.0 Å². The summed E-state index contributed by atoms with van der Waals surface area (Å²) in [5, 5.41) is 7.82. The number of Topliss-reactive ketones (excluding diaryl/α,β-unsaturated/α-hetero) is 1. The van der Waals surface area contributed by atoms with E-state index >= 15 is 0 Å². The number of nitrogens with one attached hydrogen (secondary N) is 1. The molecule has 1 fully saturated rings. The number of rotatable bonds is 5. The molecule has 1 amide bonds. The minimum atomic E-state index is -0.182. The van der Waals surface area contributed by atoms with Crippen molar-refractivity contribution in [1.82, 2.24) is 20.1 Å². The summed E-state index contributed by atoms with van der Waals surface area (Å²) in [4.78, 5) is 28.6. The number of pyridine rings is 1. The Bertz CT molecular complexity index is 1120. The Morgan fingerprint density at radius 2 is 2.06 bits per heavy atom. The molecule has 0 saturated heterocycles. The summed E-state index contributed by atoms with van der Waals surface area (Å²) in [5.41, 5.74) is 4.83. The first-order valence-corrected chi connectivity index (χ1v) is 11.0. The van der Waals surface area contributed by atoms with E-state index in [9.17, 15) is 9.59 Å². The molecule has 3 heterocycles. The van der Waals surface area contributed by atoms with Gasteiger partial charge in [0.25, 0.3) is 5.91 Å². The lowest BCUT2D eigenvalue weighted by atomic mass is 9.88. The summed E-state index contributed by atoms with van der Waals surface area (Å²) in [6.45, 7) is 3.13. The molecule has 0 spiro atoms. The lowest BCUT2D eigenvalue weighted by Crippen LogP contribution is -2.31. The number of furan rings is 1. The van der Waals surface area contributed by atoms with Crippen LogP contribution in [-0.2, 0) is 24.2 Å². The smallest absolute Gasteiger partial charge is 0.287 e. The third-order valence-electron chi connectivity index (χ3n) is 6.39. The molecule has 0 aromatic carbocycles. The highest BCUT2D eigenvalue weighted by Gasteiger charge is 2.30. The Morgan fingerprint density at radius 3 is 2.84 bits per heavy atom. The molecule has 0 atom stereocenters. The summed E-state index contributed by atoms with van der Waals surface area (Å²) in [6.07, 6.45) is 8.41. The van der Waals surface area contributed by atoms with Crippen molar-refractivity contribution in [3.63, 3.8) is 0 Å². The van der Waals surface area contributed by atoms with E-state index in [1.54, 1.807) is 6.20 Å². The molecule has 7 nitrogen and oxygen atoms in total. The summed E-state index contributed by atoms with van der Waals surface area (Å²) in [5.74, 6) is 1.72. The van der Waals surface area contributed by atoms with Crippen molar-refractivity contribution in [2.24, 2.45) is 5.92 Å². The van der Waals surface area contributed by atoms with E-state index in [2.05, 4.69) is 16.5 Å². The standard InChI is InChI=1S/C24H26N4O3/c1-15-21-20(31-23(15)24(30)26-12-16-5-8-19(29)9-6-16)10-7-17-13-28(27-22(17)21)14-18-4-2-3-11-25-18/h2-4,11,13,16H,5-10,12,14H2,1H3,(H,26,30). The predicted molar refractivity (Wildman–Crippen MR) is 115 cm³/mol. The van der Waals surface area contributed by atoms with Crippen molar-refractivity contribution < 1.29 is 14.0 Å². The molecule has 2 aliphatic carbocycles. The summed E-state index contributed by atoms with van der Waals surface area (Å²) >= 11 is 0. The van der Waals surface area contributed by atoms with Gasteiger partial charge in [0.1, 0.15) is 11.5 Å². The fraction of sp³-hybridized carbons (Fsp3) is 0.417. The molecule has 3 aromatic heterocycles. The van der Waals surface area contributed by atoms with Gasteiger partial charge in [0.05, 0.1) is 17.9 Å². The fourth-order valence-corrected chi connectivity index (χ4v) is 4.64. The molecule has 3 aromatic rings. The molecule has 0 aliphatic heterocycles. The first-order valence-electron chi connectivity index (χ1n) is 11.0. The first kappa shape index (κ1) is 19.7. The zero-order valence-corrected chi connectivity index (χ0v) is 17.7. The van der Waals surface area contributed by atoms with E-state index in [1.807, 2.05) is 29.8 Å². The normalized spacial score (nSPS) is 16.1. The SMILES string of the molecule is Cc1c(C(=O)NCC2CCC(=O)CC2)oc2c1-c1nn(Cc3ccccn3)cc1CC2. The van der Waals surface area contributed by atoms with Crippen molar-refractivity contribution in [2.75, 3.05) is 6.54 Å². The second-order valence-corrected chi connectivity index (χ2v) is 8.57. The monoisotopic (exact) mass is 418 g/mol. The van der Waals surface area contributed by atoms with Crippen LogP contribution in [0.1, 0.15) is 58.8 Å². The van der Waals surface area contributed by atoms with Crippen LogP contribution >= 0.6 is 0 Å². The number of amides is 1. The lowest BCUT2D eigenvalue weighted by molar-refractivity contribution is -0.120. The van der Waals surface area contributed by atoms with Crippen LogP contribution in [0.15, 0.2) is 35.0 Å². The number of aromatic nitrogens is 3. The fourth-order valence-electron chi connectivity index (χ4n) is 4.64. The van der Waals surface area contributed by atoms with Gasteiger partial charge in [0, 0.05) is 49.3 Å². The number of nitrogens with zero attached hydrogens (tertiary/aromatic N) is 3. The second-order valence-electron chi connectivity index (χ2n) is 8.57. The highest BCUT2D eigenvalue weighted by Crippen LogP contribution is 2.38. The number of carbonyl (C=O) groups excluding carboxylic acids is 2. The van der Waals surface area contributed by atoms with Crippen LogP contribution in [0.3, 0.4) is 0 Å². The maximum absolute atomic E-state index is 12.8. The third-order valence-corrected chi connectivity index (χ3v) is 6.39. The predicted octanol–water partition coefficient (Wildman–Crippen LogP) is 3.48. The maximum Gasteiger partial charge on any atom is 0.287 e. The van der Waals surface area contributed by atoms with Crippen LogP contribution in [-0.4, -0.2) is 33.0 Å². The van der Waals surface area contributed by atoms with E-state index in [-0.39, 0.29) is 5.91 Å². The van der Waals surface area contributed by atoms with Crippen molar-refractivity contribution in [1.29, 1.82) is 0 Å². The molecular formula is C24H26N4O3. The Labute approximate surface area is 180 Å². The number of hydrogen-bond acceptors (Lipinski definition) is 5. The van der Waals surface area contributed by atoms with Gasteiger partial charge in [0.2, 0.25) is 0 Å². The minimum absolute atomic E-state index is 0.182. The van der Waals surface area contributed by atoms with Crippen molar-refractivity contribution in [3.8, 4) is 11.3 Å². The summed E-state index contributed by atoms with van der Waals surface area (Å²) in [7, 11) is 0. The zero-order chi connectivity index (χ0) is 21.4. The number of ketones is 1. The molecule has 0 radical (unpaired) electrons. The molecule has 7 heteroatoms. The number of carbonyl (C=O) groups is 2. The van der Waals surface area contributed by atoms with Crippen molar-refractivity contribution in [2.45, 2.75) is 52.0 Å². The zero-order valence-electron chi connectivity index (χ0n) is 17.7. The van der Waals surface area contributed by atoms with Crippen LogP contribution in [0.4, 0.5) is 0 Å². The number of fused-ring (bicyclic) bond motifs is 3. The van der Waals surface area contributed by atoms with Crippen molar-refractivity contribution >= 4 is 11.7 Å². The Balaban J connectivity index is 1.34. The first-order chi connectivity index (χ1) is 15.1. The van der Waals surface area contributed by atoms with Gasteiger partial charge < -0.3 is 9.73 Å². The highest BCUT2D eigenvalue weighted by atomic mass is 16.4. The van der Waals surface area contributed by atoms with Gasteiger partial charge in [0.15, 0.2) is 5.76 Å². The molecule has 0 bridgehead atoms. The summed E-state index contributed by atoms with van der Waals surface area (Å²) < 4.78 is 7.93. The quantitative estimate of drug-likeness (QED) is 0.685. The van der Waals surface area contributed by atoms with E-state index in [0.29, 0.717) is 43.4 Å². The third kappa shape index (κ3) is 3.92. The largest absolute Gasteiger partial charge is 0.455 e. The summed E-state index contributed by atoms with van der Waals surface area (Å²) in [6, 6.07) is 5.86. The van der Waals surface area contributed by atoms with Crippen LogP contribution in [0.5, 0.6) is 0 Å². The minimum Gasteiger partial charge on any atom is -0.455 e. The molecule has 2 aliphatic rings. The van der Waals surface area contributed by atoms with Gasteiger partial charge in [-0.25, -0.2) is 0 Å². The van der Waals surface area contributed by atoms with Crippen LogP contribution < -0.4 is 5.32 Å². The highest BCUT2D eigenvalue weighted by molar-refractivity contribution is 5.95. The molecule has 1 saturated carbocycles. The second kappa shape index (κ2) is 8.13. The average Bonchev–Trinajstić information content (AvgIpc) is 3.34.